The zero-order valence-electron chi connectivity index (χ0n) is 17.4. The molecule has 0 bridgehead atoms. The normalized spacial score (nSPS) is 16.8. The number of anilines is 1. The Hall–Kier alpha value is -1.83. The lowest BCUT2D eigenvalue weighted by Crippen LogP contribution is -2.46. The van der Waals surface area contributed by atoms with Crippen molar-refractivity contribution in [3.8, 4) is 11.5 Å². The molecule has 164 valence electrons. The molecule has 0 atom stereocenters. The quantitative estimate of drug-likeness (QED) is 0.400. The molecule has 0 saturated carbocycles. The zero-order chi connectivity index (χ0) is 21.2. The maximum atomic E-state index is 14.3. The van der Waals surface area contributed by atoms with Crippen LogP contribution in [0.2, 0.25) is 0 Å². The van der Waals surface area contributed by atoms with Gasteiger partial charge >= 0.3 is 0 Å². The maximum Gasteiger partial charge on any atom is 0.184 e. The minimum absolute atomic E-state index is 0.108. The lowest BCUT2D eigenvalue weighted by atomic mass is 10.1. The van der Waals surface area contributed by atoms with Gasteiger partial charge in [0.25, 0.3) is 0 Å². The highest BCUT2D eigenvalue weighted by Crippen LogP contribution is 2.40. The first-order valence-electron chi connectivity index (χ1n) is 10.9. The fourth-order valence-electron chi connectivity index (χ4n) is 4.49. The van der Waals surface area contributed by atoms with E-state index in [-0.39, 0.29) is 5.82 Å². The molecule has 1 saturated heterocycles. The van der Waals surface area contributed by atoms with Gasteiger partial charge in [-0.2, -0.15) is 0 Å². The number of para-hydroxylation sites is 1. The van der Waals surface area contributed by atoms with E-state index in [0.717, 1.165) is 89.3 Å². The average Bonchev–Trinajstić information content (AvgIpc) is 3.25. The molecule has 1 aromatic heterocycles. The van der Waals surface area contributed by atoms with E-state index in [1.54, 1.807) is 23.5 Å². The molecule has 5 rings (SSSR count). The third-order valence-electron chi connectivity index (χ3n) is 6.13. The van der Waals surface area contributed by atoms with Gasteiger partial charge in [0.2, 0.25) is 0 Å². The molecule has 0 N–H and O–H groups in total. The molecule has 0 unspecified atom stereocenters. The molecular weight excluding hydrogens is 479 g/mol. The Morgan fingerprint density at radius 1 is 1.00 bits per heavy atom. The van der Waals surface area contributed by atoms with E-state index < -0.39 is 0 Å². The number of halogens is 2. The van der Waals surface area contributed by atoms with Crippen LogP contribution >= 0.6 is 27.3 Å². The predicted octanol–water partition coefficient (Wildman–Crippen LogP) is 5.72. The van der Waals surface area contributed by atoms with E-state index in [1.165, 1.54) is 0 Å². The van der Waals surface area contributed by atoms with Crippen LogP contribution in [0.5, 0.6) is 11.5 Å². The number of rotatable bonds is 6. The van der Waals surface area contributed by atoms with Crippen molar-refractivity contribution in [3.63, 3.8) is 0 Å². The minimum Gasteiger partial charge on any atom is -0.486 e. The van der Waals surface area contributed by atoms with Gasteiger partial charge in [-0.15, -0.1) is 11.3 Å². The number of unbranched alkanes of at least 4 members (excludes halogenated alkanes) is 1. The van der Waals surface area contributed by atoms with E-state index in [9.17, 15) is 4.39 Å². The number of benzene rings is 2. The fourth-order valence-corrected chi connectivity index (χ4v) is 6.12. The van der Waals surface area contributed by atoms with Gasteiger partial charge in [0.05, 0.1) is 10.4 Å². The van der Waals surface area contributed by atoms with Crippen molar-refractivity contribution in [2.45, 2.75) is 19.3 Å². The zero-order valence-corrected chi connectivity index (χ0v) is 19.8. The molecule has 7 heteroatoms. The standard InChI is InChI=1S/C24H26BrFN2O2S/c25-18-7-8-19(26)22-17(16-31-24(18)22)4-1-2-9-27-10-12-28(13-11-27)20-5-3-6-21-23(20)30-15-14-29-21/h3,5-8,16H,1-2,4,9-15H2. The molecule has 2 aromatic carbocycles. The minimum atomic E-state index is -0.108. The van der Waals surface area contributed by atoms with E-state index in [2.05, 4.69) is 37.2 Å². The molecule has 0 aliphatic carbocycles. The van der Waals surface area contributed by atoms with Gasteiger partial charge in [-0.05, 0) is 76.9 Å². The summed E-state index contributed by atoms with van der Waals surface area (Å²) in [5.41, 5.74) is 2.29. The second kappa shape index (κ2) is 9.35. The van der Waals surface area contributed by atoms with Crippen LogP contribution in [0, 0.1) is 5.82 Å². The van der Waals surface area contributed by atoms with Gasteiger partial charge < -0.3 is 14.4 Å². The van der Waals surface area contributed by atoms with E-state index >= 15 is 0 Å². The van der Waals surface area contributed by atoms with Crippen molar-refractivity contribution in [2.75, 3.05) is 50.8 Å². The highest BCUT2D eigenvalue weighted by Gasteiger charge is 2.23. The summed E-state index contributed by atoms with van der Waals surface area (Å²) < 4.78 is 27.9. The Morgan fingerprint density at radius 2 is 1.84 bits per heavy atom. The highest BCUT2D eigenvalue weighted by molar-refractivity contribution is 9.10. The number of nitrogens with zero attached hydrogens (tertiary/aromatic N) is 2. The third-order valence-corrected chi connectivity index (χ3v) is 8.11. The largest absolute Gasteiger partial charge is 0.486 e. The van der Waals surface area contributed by atoms with Crippen molar-refractivity contribution >= 4 is 43.0 Å². The molecule has 4 nitrogen and oxygen atoms in total. The smallest absolute Gasteiger partial charge is 0.184 e. The molecule has 1 fully saturated rings. The van der Waals surface area contributed by atoms with Crippen molar-refractivity contribution in [1.29, 1.82) is 0 Å². The molecular formula is C24H26BrFN2O2S. The maximum absolute atomic E-state index is 14.3. The summed E-state index contributed by atoms with van der Waals surface area (Å²) in [5, 5.41) is 2.91. The lowest BCUT2D eigenvalue weighted by Gasteiger charge is -2.37. The number of piperazine rings is 1. The fraction of sp³-hybridized carbons (Fsp3) is 0.417. The Morgan fingerprint density at radius 3 is 2.71 bits per heavy atom. The Bertz CT molecular complexity index is 1070. The van der Waals surface area contributed by atoms with Crippen LogP contribution in [0.4, 0.5) is 10.1 Å². The first-order chi connectivity index (χ1) is 15.2. The van der Waals surface area contributed by atoms with Gasteiger partial charge in [0.1, 0.15) is 19.0 Å². The van der Waals surface area contributed by atoms with E-state index in [4.69, 9.17) is 9.47 Å². The number of thiophene rings is 1. The summed E-state index contributed by atoms with van der Waals surface area (Å²) in [6.07, 6.45) is 3.14. The van der Waals surface area contributed by atoms with Crippen LogP contribution in [0.25, 0.3) is 10.1 Å². The molecule has 0 amide bonds. The highest BCUT2D eigenvalue weighted by atomic mass is 79.9. The SMILES string of the molecule is Fc1ccc(Br)c2scc(CCCCN3CCN(c4cccc5c4OCCO5)CC3)c12. The first-order valence-corrected chi connectivity index (χ1v) is 12.6. The molecule has 0 radical (unpaired) electrons. The summed E-state index contributed by atoms with van der Waals surface area (Å²) >= 11 is 5.17. The van der Waals surface area contributed by atoms with Gasteiger partial charge in [-0.25, -0.2) is 4.39 Å². The summed E-state index contributed by atoms with van der Waals surface area (Å²) in [4.78, 5) is 4.94. The van der Waals surface area contributed by atoms with Gasteiger partial charge in [0, 0.05) is 36.0 Å². The van der Waals surface area contributed by atoms with Crippen molar-refractivity contribution < 1.29 is 13.9 Å². The Labute approximate surface area is 194 Å². The molecule has 0 spiro atoms. The summed E-state index contributed by atoms with van der Waals surface area (Å²) in [6.45, 7) is 6.41. The van der Waals surface area contributed by atoms with Crippen molar-refractivity contribution in [2.24, 2.45) is 0 Å². The second-order valence-corrected chi connectivity index (χ2v) is 9.82. The van der Waals surface area contributed by atoms with Crippen LogP contribution in [-0.4, -0.2) is 50.8 Å². The molecule has 3 aromatic rings. The van der Waals surface area contributed by atoms with E-state index in [1.807, 2.05) is 12.1 Å². The summed E-state index contributed by atoms with van der Waals surface area (Å²) in [7, 11) is 0. The number of ether oxygens (including phenoxy) is 2. The second-order valence-electron chi connectivity index (χ2n) is 8.08. The molecule has 2 aliphatic heterocycles. The van der Waals surface area contributed by atoms with Crippen LogP contribution in [0.1, 0.15) is 18.4 Å². The molecule has 31 heavy (non-hydrogen) atoms. The predicted molar refractivity (Wildman–Crippen MR) is 129 cm³/mol. The van der Waals surface area contributed by atoms with Crippen LogP contribution in [0.15, 0.2) is 40.2 Å². The van der Waals surface area contributed by atoms with Gasteiger partial charge in [0.15, 0.2) is 11.5 Å². The van der Waals surface area contributed by atoms with Crippen LogP contribution < -0.4 is 14.4 Å². The average molecular weight is 505 g/mol. The number of hydrogen-bond acceptors (Lipinski definition) is 5. The van der Waals surface area contributed by atoms with Gasteiger partial charge in [-0.3, -0.25) is 4.90 Å². The third kappa shape index (κ3) is 4.41. The Kier molecular flexibility index (Phi) is 6.34. The number of hydrogen-bond donors (Lipinski definition) is 0. The topological polar surface area (TPSA) is 24.9 Å². The monoisotopic (exact) mass is 504 g/mol. The summed E-state index contributed by atoms with van der Waals surface area (Å²) in [5.74, 6) is 1.64. The Balaban J connectivity index is 1.11. The summed E-state index contributed by atoms with van der Waals surface area (Å²) in [6, 6.07) is 9.51. The van der Waals surface area contributed by atoms with Crippen LogP contribution in [-0.2, 0) is 6.42 Å². The van der Waals surface area contributed by atoms with E-state index in [0.29, 0.717) is 13.2 Å². The van der Waals surface area contributed by atoms with Gasteiger partial charge in [-0.1, -0.05) is 6.07 Å². The lowest BCUT2D eigenvalue weighted by molar-refractivity contribution is 0.171. The van der Waals surface area contributed by atoms with Crippen LogP contribution in [0.3, 0.4) is 0 Å². The molecule has 3 heterocycles. The molecule has 2 aliphatic rings. The first kappa shape index (κ1) is 21.0. The number of fused-ring (bicyclic) bond motifs is 2. The van der Waals surface area contributed by atoms with Crippen molar-refractivity contribution in [1.82, 2.24) is 4.90 Å². The number of aryl methyl sites for hydroxylation is 1. The van der Waals surface area contributed by atoms with Crippen molar-refractivity contribution in [3.05, 3.63) is 51.6 Å².